The molecule has 0 amide bonds. The molecule has 1 aliphatic heterocycles. The van der Waals surface area contributed by atoms with Crippen LogP contribution in [0.3, 0.4) is 0 Å². The van der Waals surface area contributed by atoms with Gasteiger partial charge in [0, 0.05) is 25.2 Å². The normalized spacial score (nSPS) is 37.9. The van der Waals surface area contributed by atoms with Crippen LogP contribution in [0.2, 0.25) is 0 Å². The van der Waals surface area contributed by atoms with Crippen LogP contribution in [0.15, 0.2) is 0 Å². The topological polar surface area (TPSA) is 38.5 Å². The van der Waals surface area contributed by atoms with Gasteiger partial charge in [-0.3, -0.25) is 4.90 Å². The first-order valence-electron chi connectivity index (χ1n) is 7.32. The zero-order chi connectivity index (χ0) is 12.3. The summed E-state index contributed by atoms with van der Waals surface area (Å²) in [6, 6.07) is 0.946. The lowest BCUT2D eigenvalue weighted by molar-refractivity contribution is -0.0589. The Hall–Kier alpha value is -0.120. The fourth-order valence-corrected chi connectivity index (χ4v) is 3.31. The van der Waals surface area contributed by atoms with Crippen LogP contribution in [0.1, 0.15) is 46.0 Å². The van der Waals surface area contributed by atoms with Crippen LogP contribution in [0.4, 0.5) is 0 Å². The highest BCUT2D eigenvalue weighted by Gasteiger charge is 2.31. The van der Waals surface area contributed by atoms with Gasteiger partial charge in [-0.2, -0.15) is 0 Å². The lowest BCUT2D eigenvalue weighted by atomic mass is 9.83. The molecule has 2 rings (SSSR count). The third-order valence-corrected chi connectivity index (χ3v) is 4.56. The van der Waals surface area contributed by atoms with E-state index in [1.807, 2.05) is 0 Å². The predicted octanol–water partition coefficient (Wildman–Crippen LogP) is 2.00. The van der Waals surface area contributed by atoms with Crippen LogP contribution in [0.5, 0.6) is 0 Å². The quantitative estimate of drug-likeness (QED) is 0.820. The van der Waals surface area contributed by atoms with E-state index in [2.05, 4.69) is 18.7 Å². The van der Waals surface area contributed by atoms with Crippen molar-refractivity contribution < 1.29 is 4.74 Å². The molecule has 3 heteroatoms. The van der Waals surface area contributed by atoms with Crippen LogP contribution < -0.4 is 5.73 Å². The Morgan fingerprint density at radius 1 is 1.41 bits per heavy atom. The molecule has 0 bridgehead atoms. The summed E-state index contributed by atoms with van der Waals surface area (Å²) in [5.41, 5.74) is 5.96. The molecular weight excluding hydrogens is 212 g/mol. The molecule has 0 aromatic rings. The van der Waals surface area contributed by atoms with E-state index < -0.39 is 0 Å². The largest absolute Gasteiger partial charge is 0.374 e. The van der Waals surface area contributed by atoms with Gasteiger partial charge < -0.3 is 10.5 Å². The molecule has 1 saturated heterocycles. The molecule has 4 unspecified atom stereocenters. The standard InChI is InChI=1S/C14H28N2O/c1-3-12-5-4-6-13(9-12)16-7-8-17-14(10-16)11(2)15/h11-14H,3-10,15H2,1-2H3. The van der Waals surface area contributed by atoms with Crippen molar-refractivity contribution in [2.45, 2.75) is 64.1 Å². The van der Waals surface area contributed by atoms with Gasteiger partial charge in [0.1, 0.15) is 0 Å². The zero-order valence-electron chi connectivity index (χ0n) is 11.4. The second kappa shape index (κ2) is 6.17. The SMILES string of the molecule is CCC1CCCC(N2CCOC(C(C)N)C2)C1. The van der Waals surface area contributed by atoms with Crippen molar-refractivity contribution in [2.24, 2.45) is 11.7 Å². The van der Waals surface area contributed by atoms with E-state index >= 15 is 0 Å². The summed E-state index contributed by atoms with van der Waals surface area (Å²) < 4.78 is 5.75. The Morgan fingerprint density at radius 2 is 2.24 bits per heavy atom. The van der Waals surface area contributed by atoms with Gasteiger partial charge in [-0.1, -0.05) is 26.2 Å². The van der Waals surface area contributed by atoms with E-state index in [4.69, 9.17) is 10.5 Å². The highest BCUT2D eigenvalue weighted by atomic mass is 16.5. The second-order valence-corrected chi connectivity index (χ2v) is 5.86. The van der Waals surface area contributed by atoms with Crippen LogP contribution >= 0.6 is 0 Å². The average molecular weight is 240 g/mol. The third kappa shape index (κ3) is 3.43. The van der Waals surface area contributed by atoms with Gasteiger partial charge in [0.05, 0.1) is 12.7 Å². The highest BCUT2D eigenvalue weighted by Crippen LogP contribution is 2.30. The molecule has 17 heavy (non-hydrogen) atoms. The lowest BCUT2D eigenvalue weighted by Crippen LogP contribution is -2.53. The molecule has 4 atom stereocenters. The maximum absolute atomic E-state index is 5.96. The molecule has 0 aromatic carbocycles. The van der Waals surface area contributed by atoms with E-state index in [0.717, 1.165) is 31.7 Å². The van der Waals surface area contributed by atoms with Gasteiger partial charge in [-0.15, -0.1) is 0 Å². The maximum atomic E-state index is 5.96. The second-order valence-electron chi connectivity index (χ2n) is 5.86. The molecule has 3 nitrogen and oxygen atoms in total. The highest BCUT2D eigenvalue weighted by molar-refractivity contribution is 4.85. The Balaban J connectivity index is 1.88. The molecule has 0 aromatic heterocycles. The van der Waals surface area contributed by atoms with Crippen molar-refractivity contribution in [3.63, 3.8) is 0 Å². The first kappa shape index (κ1) is 13.3. The van der Waals surface area contributed by atoms with Gasteiger partial charge in [0.2, 0.25) is 0 Å². The minimum Gasteiger partial charge on any atom is -0.374 e. The summed E-state index contributed by atoms with van der Waals surface area (Å²) in [6.45, 7) is 7.39. The molecule has 2 aliphatic rings. The zero-order valence-corrected chi connectivity index (χ0v) is 11.4. The summed E-state index contributed by atoms with van der Waals surface area (Å²) in [5, 5.41) is 0. The van der Waals surface area contributed by atoms with Crippen molar-refractivity contribution >= 4 is 0 Å². The number of nitrogens with two attached hydrogens (primary N) is 1. The van der Waals surface area contributed by atoms with Crippen molar-refractivity contribution in [2.75, 3.05) is 19.7 Å². The molecule has 100 valence electrons. The van der Waals surface area contributed by atoms with E-state index in [1.165, 1.54) is 32.1 Å². The summed E-state index contributed by atoms with van der Waals surface area (Å²) >= 11 is 0. The number of ether oxygens (including phenoxy) is 1. The number of nitrogens with zero attached hydrogens (tertiary/aromatic N) is 1. The molecule has 1 saturated carbocycles. The average Bonchev–Trinajstić information content (AvgIpc) is 2.39. The van der Waals surface area contributed by atoms with Crippen LogP contribution in [0.25, 0.3) is 0 Å². The molecule has 1 aliphatic carbocycles. The lowest BCUT2D eigenvalue weighted by Gasteiger charge is -2.42. The smallest absolute Gasteiger partial charge is 0.0850 e. The first-order chi connectivity index (χ1) is 8.20. The van der Waals surface area contributed by atoms with Crippen molar-refractivity contribution in [1.29, 1.82) is 0 Å². The van der Waals surface area contributed by atoms with Crippen LogP contribution in [0, 0.1) is 5.92 Å². The maximum Gasteiger partial charge on any atom is 0.0850 e. The Bertz CT molecular complexity index is 232. The van der Waals surface area contributed by atoms with Gasteiger partial charge in [-0.25, -0.2) is 0 Å². The first-order valence-corrected chi connectivity index (χ1v) is 7.32. The molecule has 0 radical (unpaired) electrons. The number of morpholine rings is 1. The van der Waals surface area contributed by atoms with E-state index in [0.29, 0.717) is 0 Å². The molecule has 0 spiro atoms. The number of hydrogen-bond acceptors (Lipinski definition) is 3. The van der Waals surface area contributed by atoms with Gasteiger partial charge in [-0.05, 0) is 25.7 Å². The molecular formula is C14H28N2O. The summed E-state index contributed by atoms with van der Waals surface area (Å²) in [4.78, 5) is 2.64. The minimum atomic E-state index is 0.156. The monoisotopic (exact) mass is 240 g/mol. The van der Waals surface area contributed by atoms with Crippen LogP contribution in [-0.4, -0.2) is 42.8 Å². The summed E-state index contributed by atoms with van der Waals surface area (Å²) in [6.07, 6.45) is 7.20. The molecule has 2 fully saturated rings. The van der Waals surface area contributed by atoms with Gasteiger partial charge in [0.15, 0.2) is 0 Å². The van der Waals surface area contributed by atoms with Crippen LogP contribution in [-0.2, 0) is 4.74 Å². The molecule has 1 heterocycles. The van der Waals surface area contributed by atoms with Crippen molar-refractivity contribution in [1.82, 2.24) is 4.90 Å². The molecule has 2 N–H and O–H groups in total. The Morgan fingerprint density at radius 3 is 2.94 bits per heavy atom. The summed E-state index contributed by atoms with van der Waals surface area (Å²) in [7, 11) is 0. The van der Waals surface area contributed by atoms with Crippen molar-refractivity contribution in [3.05, 3.63) is 0 Å². The van der Waals surface area contributed by atoms with E-state index in [1.54, 1.807) is 0 Å². The Kier molecular flexibility index (Phi) is 4.83. The fraction of sp³-hybridized carbons (Fsp3) is 1.00. The van der Waals surface area contributed by atoms with Gasteiger partial charge in [0.25, 0.3) is 0 Å². The minimum absolute atomic E-state index is 0.156. The number of hydrogen-bond donors (Lipinski definition) is 1. The predicted molar refractivity (Wildman–Crippen MR) is 71.0 cm³/mol. The summed E-state index contributed by atoms with van der Waals surface area (Å²) in [5.74, 6) is 0.949. The van der Waals surface area contributed by atoms with Gasteiger partial charge >= 0.3 is 0 Å². The number of rotatable bonds is 3. The van der Waals surface area contributed by atoms with E-state index in [9.17, 15) is 0 Å². The van der Waals surface area contributed by atoms with E-state index in [-0.39, 0.29) is 12.1 Å². The third-order valence-electron chi connectivity index (χ3n) is 4.56. The van der Waals surface area contributed by atoms with Crippen molar-refractivity contribution in [3.8, 4) is 0 Å². The fourth-order valence-electron chi connectivity index (χ4n) is 3.31. The Labute approximate surface area is 106 Å².